The normalized spacial score (nSPS) is 13.6. The van der Waals surface area contributed by atoms with Crippen molar-refractivity contribution in [3.05, 3.63) is 0 Å². The SMILES string of the molecule is COC(CCOCC[O])OC(C)C. The summed E-state index contributed by atoms with van der Waals surface area (Å²) in [5, 5.41) is 10.0. The first-order valence-electron chi connectivity index (χ1n) is 4.54. The van der Waals surface area contributed by atoms with E-state index in [9.17, 15) is 5.11 Å². The smallest absolute Gasteiger partial charge is 0.159 e. The minimum Gasteiger partial charge on any atom is -0.379 e. The van der Waals surface area contributed by atoms with Crippen LogP contribution in [0.15, 0.2) is 0 Å². The molecule has 0 aromatic carbocycles. The molecule has 0 aliphatic heterocycles. The Morgan fingerprint density at radius 1 is 1.23 bits per heavy atom. The van der Waals surface area contributed by atoms with E-state index in [0.29, 0.717) is 13.0 Å². The summed E-state index contributed by atoms with van der Waals surface area (Å²) in [5.74, 6) is 0. The second-order valence-electron chi connectivity index (χ2n) is 2.96. The average Bonchev–Trinajstić information content (AvgIpc) is 2.09. The number of hydrogen-bond donors (Lipinski definition) is 0. The first-order valence-corrected chi connectivity index (χ1v) is 4.54. The maximum absolute atomic E-state index is 10.0. The van der Waals surface area contributed by atoms with Gasteiger partial charge in [0, 0.05) is 13.5 Å². The van der Waals surface area contributed by atoms with Crippen molar-refractivity contribution < 1.29 is 19.3 Å². The summed E-state index contributed by atoms with van der Waals surface area (Å²) >= 11 is 0. The van der Waals surface area contributed by atoms with Gasteiger partial charge in [-0.2, -0.15) is 0 Å². The van der Waals surface area contributed by atoms with Crippen LogP contribution >= 0.6 is 0 Å². The first-order chi connectivity index (χ1) is 6.20. The van der Waals surface area contributed by atoms with Gasteiger partial charge in [0.25, 0.3) is 0 Å². The van der Waals surface area contributed by atoms with Crippen LogP contribution in [-0.4, -0.2) is 39.3 Å². The van der Waals surface area contributed by atoms with Crippen molar-refractivity contribution in [2.24, 2.45) is 0 Å². The highest BCUT2D eigenvalue weighted by molar-refractivity contribution is 4.46. The lowest BCUT2D eigenvalue weighted by Gasteiger charge is -2.18. The lowest BCUT2D eigenvalue weighted by molar-refractivity contribution is -0.156. The number of hydrogen-bond acceptors (Lipinski definition) is 3. The molecule has 0 saturated carbocycles. The van der Waals surface area contributed by atoms with E-state index in [1.807, 2.05) is 13.8 Å². The molecular formula is C9H19O4. The van der Waals surface area contributed by atoms with Gasteiger partial charge in [0.2, 0.25) is 0 Å². The standard InChI is InChI=1S/C9H19O4/c1-8(2)13-9(11-3)4-6-12-7-5-10/h8-9H,4-7H2,1-3H3. The fourth-order valence-electron chi connectivity index (χ4n) is 0.886. The van der Waals surface area contributed by atoms with E-state index in [1.54, 1.807) is 7.11 Å². The Balaban J connectivity index is 3.36. The van der Waals surface area contributed by atoms with Gasteiger partial charge in [0.05, 0.1) is 19.3 Å². The molecule has 0 bridgehead atoms. The summed E-state index contributed by atoms with van der Waals surface area (Å²) in [5.41, 5.74) is 0. The molecular weight excluding hydrogens is 172 g/mol. The van der Waals surface area contributed by atoms with Crippen LogP contribution in [0.4, 0.5) is 0 Å². The van der Waals surface area contributed by atoms with Gasteiger partial charge in [-0.05, 0) is 13.8 Å². The van der Waals surface area contributed by atoms with Crippen LogP contribution < -0.4 is 0 Å². The van der Waals surface area contributed by atoms with Gasteiger partial charge in [-0.3, -0.25) is 0 Å². The Morgan fingerprint density at radius 2 is 1.92 bits per heavy atom. The molecule has 79 valence electrons. The second kappa shape index (κ2) is 8.44. The second-order valence-corrected chi connectivity index (χ2v) is 2.96. The molecule has 0 aliphatic carbocycles. The highest BCUT2D eigenvalue weighted by Gasteiger charge is 2.08. The molecule has 1 atom stereocenters. The van der Waals surface area contributed by atoms with Crippen molar-refractivity contribution in [1.82, 2.24) is 0 Å². The summed E-state index contributed by atoms with van der Waals surface area (Å²) in [4.78, 5) is 0. The monoisotopic (exact) mass is 191 g/mol. The molecule has 13 heavy (non-hydrogen) atoms. The van der Waals surface area contributed by atoms with Crippen LogP contribution in [0.1, 0.15) is 20.3 Å². The first kappa shape index (κ1) is 12.8. The predicted octanol–water partition coefficient (Wildman–Crippen LogP) is 1.22. The molecule has 0 spiro atoms. The van der Waals surface area contributed by atoms with E-state index in [4.69, 9.17) is 14.2 Å². The molecule has 0 aliphatic rings. The highest BCUT2D eigenvalue weighted by atomic mass is 16.7. The lowest BCUT2D eigenvalue weighted by Crippen LogP contribution is -2.21. The fraction of sp³-hybridized carbons (Fsp3) is 1.00. The quantitative estimate of drug-likeness (QED) is 0.428. The van der Waals surface area contributed by atoms with Crippen LogP contribution in [0.5, 0.6) is 0 Å². The molecule has 0 aromatic rings. The van der Waals surface area contributed by atoms with Gasteiger partial charge in [0.1, 0.15) is 6.61 Å². The number of methoxy groups -OCH3 is 1. The molecule has 0 fully saturated rings. The maximum Gasteiger partial charge on any atom is 0.159 e. The summed E-state index contributed by atoms with van der Waals surface area (Å²) in [6.45, 7) is 4.48. The van der Waals surface area contributed by atoms with Crippen LogP contribution in [0.25, 0.3) is 0 Å². The Morgan fingerprint density at radius 3 is 2.38 bits per heavy atom. The van der Waals surface area contributed by atoms with Gasteiger partial charge in [-0.25, -0.2) is 5.11 Å². The van der Waals surface area contributed by atoms with E-state index in [0.717, 1.165) is 0 Å². The van der Waals surface area contributed by atoms with Crippen LogP contribution in [-0.2, 0) is 19.3 Å². The molecule has 0 heterocycles. The summed E-state index contributed by atoms with van der Waals surface area (Å²) < 4.78 is 15.5. The maximum atomic E-state index is 10.0. The van der Waals surface area contributed by atoms with Crippen molar-refractivity contribution in [2.75, 3.05) is 26.9 Å². The van der Waals surface area contributed by atoms with Gasteiger partial charge in [-0.15, -0.1) is 0 Å². The molecule has 0 saturated heterocycles. The molecule has 1 radical (unpaired) electrons. The highest BCUT2D eigenvalue weighted by Crippen LogP contribution is 2.03. The number of ether oxygens (including phenoxy) is 3. The van der Waals surface area contributed by atoms with Crippen LogP contribution in [0, 0.1) is 0 Å². The molecule has 0 amide bonds. The van der Waals surface area contributed by atoms with Crippen molar-refractivity contribution in [3.8, 4) is 0 Å². The average molecular weight is 191 g/mol. The van der Waals surface area contributed by atoms with Crippen LogP contribution in [0.2, 0.25) is 0 Å². The van der Waals surface area contributed by atoms with Crippen molar-refractivity contribution in [3.63, 3.8) is 0 Å². The molecule has 1 unspecified atom stereocenters. The Bertz CT molecular complexity index is 106. The van der Waals surface area contributed by atoms with Crippen molar-refractivity contribution in [2.45, 2.75) is 32.7 Å². The number of rotatable bonds is 8. The van der Waals surface area contributed by atoms with Gasteiger partial charge >= 0.3 is 0 Å². The van der Waals surface area contributed by atoms with Crippen LogP contribution in [0.3, 0.4) is 0 Å². The Labute approximate surface area is 79.8 Å². The third kappa shape index (κ3) is 8.18. The van der Waals surface area contributed by atoms with Crippen molar-refractivity contribution in [1.29, 1.82) is 0 Å². The van der Waals surface area contributed by atoms with Gasteiger partial charge in [0.15, 0.2) is 6.29 Å². The molecule has 0 N–H and O–H groups in total. The summed E-state index contributed by atoms with van der Waals surface area (Å²) in [6, 6.07) is 0. The molecule has 0 rings (SSSR count). The molecule has 4 nitrogen and oxygen atoms in total. The van der Waals surface area contributed by atoms with E-state index < -0.39 is 0 Å². The van der Waals surface area contributed by atoms with Gasteiger partial charge < -0.3 is 14.2 Å². The minimum absolute atomic E-state index is 0.143. The lowest BCUT2D eigenvalue weighted by atomic mass is 10.4. The van der Waals surface area contributed by atoms with E-state index >= 15 is 0 Å². The zero-order chi connectivity index (χ0) is 10.1. The summed E-state index contributed by atoms with van der Waals surface area (Å²) in [6.07, 6.45) is 0.574. The zero-order valence-electron chi connectivity index (χ0n) is 8.62. The van der Waals surface area contributed by atoms with Gasteiger partial charge in [-0.1, -0.05) is 0 Å². The molecule has 0 aromatic heterocycles. The fourth-order valence-corrected chi connectivity index (χ4v) is 0.886. The largest absolute Gasteiger partial charge is 0.379 e. The predicted molar refractivity (Wildman–Crippen MR) is 48.0 cm³/mol. The van der Waals surface area contributed by atoms with E-state index in [1.165, 1.54) is 0 Å². The summed E-state index contributed by atoms with van der Waals surface area (Å²) in [7, 11) is 1.60. The Kier molecular flexibility index (Phi) is 8.33. The Hall–Kier alpha value is -0.160. The van der Waals surface area contributed by atoms with E-state index in [-0.39, 0.29) is 25.6 Å². The topological polar surface area (TPSA) is 47.6 Å². The molecule has 4 heteroatoms. The van der Waals surface area contributed by atoms with Crippen molar-refractivity contribution >= 4 is 0 Å². The third-order valence-corrected chi connectivity index (χ3v) is 1.41. The minimum atomic E-state index is -0.230. The third-order valence-electron chi connectivity index (χ3n) is 1.41. The van der Waals surface area contributed by atoms with E-state index in [2.05, 4.69) is 0 Å². The zero-order valence-corrected chi connectivity index (χ0v) is 8.62.